The Balaban J connectivity index is 1.90. The summed E-state index contributed by atoms with van der Waals surface area (Å²) in [6.07, 6.45) is 0. The highest BCUT2D eigenvalue weighted by Crippen LogP contribution is 2.25. The second kappa shape index (κ2) is 7.73. The normalized spacial score (nSPS) is 10.0. The monoisotopic (exact) mass is 380 g/mol. The second-order valence-electron chi connectivity index (χ2n) is 4.57. The Bertz CT molecular complexity index is 720. The summed E-state index contributed by atoms with van der Waals surface area (Å²) in [6.45, 7) is -0.221. The number of ether oxygens (including phenoxy) is 1. The molecule has 0 aliphatic rings. The predicted octanol–water partition coefficient (Wildman–Crippen LogP) is 2.97. The first-order valence-corrected chi connectivity index (χ1v) is 7.48. The number of nitrogens with one attached hydrogen (secondary N) is 2. The Morgan fingerprint density at radius 2 is 1.87 bits per heavy atom. The Labute approximate surface area is 141 Å². The van der Waals surface area contributed by atoms with E-state index in [1.54, 1.807) is 31.3 Å². The number of amides is 2. The lowest BCUT2D eigenvalue weighted by Gasteiger charge is -2.09. The SMILES string of the molecule is CNC(=O)c1ccc(NC(=O)COc2ccc(F)cc2Br)cc1. The van der Waals surface area contributed by atoms with Crippen molar-refractivity contribution in [2.24, 2.45) is 0 Å². The van der Waals surface area contributed by atoms with Crippen LogP contribution in [0.5, 0.6) is 5.75 Å². The largest absolute Gasteiger partial charge is 0.483 e. The fourth-order valence-corrected chi connectivity index (χ4v) is 2.25. The number of benzene rings is 2. The number of hydrogen-bond acceptors (Lipinski definition) is 3. The van der Waals surface area contributed by atoms with Gasteiger partial charge in [0.05, 0.1) is 4.47 Å². The van der Waals surface area contributed by atoms with Gasteiger partial charge in [-0.05, 0) is 58.4 Å². The molecule has 0 bridgehead atoms. The van der Waals surface area contributed by atoms with E-state index in [4.69, 9.17) is 4.74 Å². The molecule has 0 fully saturated rings. The van der Waals surface area contributed by atoms with E-state index in [1.165, 1.54) is 18.2 Å². The minimum Gasteiger partial charge on any atom is -0.483 e. The molecule has 5 nitrogen and oxygen atoms in total. The highest BCUT2D eigenvalue weighted by Gasteiger charge is 2.08. The van der Waals surface area contributed by atoms with Crippen LogP contribution in [0.25, 0.3) is 0 Å². The van der Waals surface area contributed by atoms with Crippen LogP contribution in [0.1, 0.15) is 10.4 Å². The maximum absolute atomic E-state index is 13.0. The molecule has 2 aromatic carbocycles. The molecule has 23 heavy (non-hydrogen) atoms. The van der Waals surface area contributed by atoms with Crippen LogP contribution in [0.15, 0.2) is 46.9 Å². The zero-order valence-corrected chi connectivity index (χ0v) is 13.8. The molecule has 0 aliphatic heterocycles. The Morgan fingerprint density at radius 1 is 1.17 bits per heavy atom. The number of rotatable bonds is 5. The van der Waals surface area contributed by atoms with E-state index >= 15 is 0 Å². The van der Waals surface area contributed by atoms with Gasteiger partial charge in [0.1, 0.15) is 11.6 Å². The van der Waals surface area contributed by atoms with Gasteiger partial charge in [0.15, 0.2) is 6.61 Å². The van der Waals surface area contributed by atoms with Gasteiger partial charge in [0.2, 0.25) is 0 Å². The first-order valence-electron chi connectivity index (χ1n) is 6.69. The van der Waals surface area contributed by atoms with Gasteiger partial charge in [-0.25, -0.2) is 4.39 Å². The van der Waals surface area contributed by atoms with Gasteiger partial charge >= 0.3 is 0 Å². The van der Waals surface area contributed by atoms with Crippen LogP contribution in [0.3, 0.4) is 0 Å². The van der Waals surface area contributed by atoms with Crippen LogP contribution in [-0.4, -0.2) is 25.5 Å². The Hall–Kier alpha value is -2.41. The molecule has 2 N–H and O–H groups in total. The van der Waals surface area contributed by atoms with Gasteiger partial charge in [-0.1, -0.05) is 0 Å². The number of carbonyl (C=O) groups is 2. The zero-order chi connectivity index (χ0) is 16.8. The molecule has 7 heteroatoms. The standard InChI is InChI=1S/C16H14BrFN2O3/c1-19-16(22)10-2-5-12(6-3-10)20-15(21)9-23-14-7-4-11(18)8-13(14)17/h2-8H,9H2,1H3,(H,19,22)(H,20,21). The third-order valence-electron chi connectivity index (χ3n) is 2.91. The summed E-state index contributed by atoms with van der Waals surface area (Å²) in [5, 5.41) is 5.15. The number of carbonyl (C=O) groups excluding carboxylic acids is 2. The van der Waals surface area contributed by atoms with Gasteiger partial charge < -0.3 is 15.4 Å². The van der Waals surface area contributed by atoms with Gasteiger partial charge in [0, 0.05) is 18.3 Å². The maximum atomic E-state index is 13.0. The van der Waals surface area contributed by atoms with E-state index in [-0.39, 0.29) is 18.4 Å². The molecule has 0 aromatic heterocycles. The molecule has 2 rings (SSSR count). The lowest BCUT2D eigenvalue weighted by molar-refractivity contribution is -0.118. The Kier molecular flexibility index (Phi) is 5.70. The molecule has 0 spiro atoms. The second-order valence-corrected chi connectivity index (χ2v) is 5.42. The quantitative estimate of drug-likeness (QED) is 0.837. The molecular formula is C16H14BrFN2O3. The molecule has 2 amide bonds. The average molecular weight is 381 g/mol. The third kappa shape index (κ3) is 4.79. The fourth-order valence-electron chi connectivity index (χ4n) is 1.78. The first-order chi connectivity index (χ1) is 11.0. The highest BCUT2D eigenvalue weighted by molar-refractivity contribution is 9.10. The minimum atomic E-state index is -0.398. The van der Waals surface area contributed by atoms with E-state index in [0.29, 0.717) is 21.5 Å². The lowest BCUT2D eigenvalue weighted by Crippen LogP contribution is -2.21. The molecule has 0 atom stereocenters. The van der Waals surface area contributed by atoms with Crippen LogP contribution >= 0.6 is 15.9 Å². The van der Waals surface area contributed by atoms with Crippen molar-refractivity contribution in [3.05, 3.63) is 58.3 Å². The molecule has 0 radical (unpaired) electrons. The van der Waals surface area contributed by atoms with Crippen molar-refractivity contribution >= 4 is 33.4 Å². The van der Waals surface area contributed by atoms with Crippen LogP contribution in [0.2, 0.25) is 0 Å². The van der Waals surface area contributed by atoms with Crippen LogP contribution in [-0.2, 0) is 4.79 Å². The number of hydrogen-bond donors (Lipinski definition) is 2. The maximum Gasteiger partial charge on any atom is 0.262 e. The zero-order valence-electron chi connectivity index (χ0n) is 12.2. The summed E-state index contributed by atoms with van der Waals surface area (Å²) < 4.78 is 18.7. The summed E-state index contributed by atoms with van der Waals surface area (Å²) in [5.41, 5.74) is 1.04. The van der Waals surface area contributed by atoms with E-state index < -0.39 is 5.82 Å². The van der Waals surface area contributed by atoms with Crippen LogP contribution in [0.4, 0.5) is 10.1 Å². The van der Waals surface area contributed by atoms with Gasteiger partial charge in [0.25, 0.3) is 11.8 Å². The molecule has 0 saturated heterocycles. The fraction of sp³-hybridized carbons (Fsp3) is 0.125. The highest BCUT2D eigenvalue weighted by atomic mass is 79.9. The average Bonchev–Trinajstić information content (AvgIpc) is 2.54. The van der Waals surface area contributed by atoms with E-state index in [1.807, 2.05) is 0 Å². The number of halogens is 2. The molecule has 0 heterocycles. The summed E-state index contributed by atoms with van der Waals surface area (Å²) in [7, 11) is 1.54. The van der Waals surface area contributed by atoms with Crippen molar-refractivity contribution in [1.82, 2.24) is 5.32 Å². The first kappa shape index (κ1) is 17.0. The Morgan fingerprint density at radius 3 is 2.48 bits per heavy atom. The van der Waals surface area contributed by atoms with Gasteiger partial charge in [-0.2, -0.15) is 0 Å². The molecule has 120 valence electrons. The van der Waals surface area contributed by atoms with Crippen LogP contribution in [0, 0.1) is 5.82 Å². The van der Waals surface area contributed by atoms with Crippen molar-refractivity contribution in [2.75, 3.05) is 19.0 Å². The van der Waals surface area contributed by atoms with Crippen molar-refractivity contribution in [2.45, 2.75) is 0 Å². The lowest BCUT2D eigenvalue weighted by atomic mass is 10.2. The summed E-state index contributed by atoms with van der Waals surface area (Å²) in [4.78, 5) is 23.2. The van der Waals surface area contributed by atoms with Crippen LogP contribution < -0.4 is 15.4 Å². The smallest absolute Gasteiger partial charge is 0.262 e. The molecule has 0 aliphatic carbocycles. The van der Waals surface area contributed by atoms with Crippen molar-refractivity contribution in [3.8, 4) is 5.75 Å². The van der Waals surface area contributed by atoms with Gasteiger partial charge in [-0.15, -0.1) is 0 Å². The number of anilines is 1. The van der Waals surface area contributed by atoms with E-state index in [2.05, 4.69) is 26.6 Å². The molecule has 0 unspecified atom stereocenters. The molecular weight excluding hydrogens is 367 g/mol. The predicted molar refractivity (Wildman–Crippen MR) is 88.1 cm³/mol. The third-order valence-corrected chi connectivity index (χ3v) is 3.53. The molecule has 0 saturated carbocycles. The minimum absolute atomic E-state index is 0.202. The van der Waals surface area contributed by atoms with Crippen molar-refractivity contribution < 1.29 is 18.7 Å². The van der Waals surface area contributed by atoms with E-state index in [0.717, 1.165) is 0 Å². The van der Waals surface area contributed by atoms with E-state index in [9.17, 15) is 14.0 Å². The topological polar surface area (TPSA) is 67.4 Å². The summed E-state index contributed by atoms with van der Waals surface area (Å²) in [6, 6.07) is 10.4. The van der Waals surface area contributed by atoms with Crippen molar-refractivity contribution in [3.63, 3.8) is 0 Å². The molecule has 2 aromatic rings. The van der Waals surface area contributed by atoms with Gasteiger partial charge in [-0.3, -0.25) is 9.59 Å². The summed E-state index contributed by atoms with van der Waals surface area (Å²) >= 11 is 3.16. The van der Waals surface area contributed by atoms with Crippen molar-refractivity contribution in [1.29, 1.82) is 0 Å². The summed E-state index contributed by atoms with van der Waals surface area (Å²) in [5.74, 6) is -0.595.